The lowest BCUT2D eigenvalue weighted by molar-refractivity contribution is -0.0444. The van der Waals surface area contributed by atoms with E-state index in [1.807, 2.05) is 25.1 Å². The number of hydrogen-bond donors (Lipinski definition) is 2. The molecule has 1 unspecified atom stereocenters. The van der Waals surface area contributed by atoms with Crippen molar-refractivity contribution in [3.05, 3.63) is 70.3 Å². The lowest BCUT2D eigenvalue weighted by Gasteiger charge is -2.22. The number of carbonyl (C=O) groups is 1. The molecular weight excluding hydrogens is 332 g/mol. The van der Waals surface area contributed by atoms with E-state index < -0.39 is 6.29 Å². The first-order valence-corrected chi connectivity index (χ1v) is 8.69. The highest BCUT2D eigenvalue weighted by atomic mass is 16.7. The minimum atomic E-state index is -0.592. The Hall–Kier alpha value is -2.63. The average Bonchev–Trinajstić information content (AvgIpc) is 3.18. The normalized spacial score (nSPS) is 19.5. The molecule has 0 saturated carbocycles. The molecule has 2 aliphatic rings. The van der Waals surface area contributed by atoms with Crippen molar-refractivity contribution in [1.29, 1.82) is 0 Å². The van der Waals surface area contributed by atoms with E-state index in [2.05, 4.69) is 0 Å². The highest BCUT2D eigenvalue weighted by Gasteiger charge is 2.29. The number of phenolic OH excluding ortho intramolecular Hbond substituents is 2. The molecule has 0 radical (unpaired) electrons. The summed E-state index contributed by atoms with van der Waals surface area (Å²) in [6.45, 7) is 2.87. The molecule has 0 aromatic heterocycles. The van der Waals surface area contributed by atoms with Gasteiger partial charge in [-0.1, -0.05) is 43.3 Å². The van der Waals surface area contributed by atoms with Gasteiger partial charge in [-0.05, 0) is 12.5 Å². The molecule has 1 fully saturated rings. The van der Waals surface area contributed by atoms with Gasteiger partial charge >= 0.3 is 0 Å². The molecule has 134 valence electrons. The van der Waals surface area contributed by atoms with Gasteiger partial charge in [-0.2, -0.15) is 0 Å². The molecule has 5 nitrogen and oxygen atoms in total. The van der Waals surface area contributed by atoms with Crippen LogP contribution in [0.5, 0.6) is 11.5 Å². The van der Waals surface area contributed by atoms with Crippen LogP contribution in [0.3, 0.4) is 0 Å². The van der Waals surface area contributed by atoms with Gasteiger partial charge in [-0.15, -0.1) is 0 Å². The van der Waals surface area contributed by atoms with E-state index in [9.17, 15) is 15.0 Å². The van der Waals surface area contributed by atoms with Crippen LogP contribution in [0.25, 0.3) is 0 Å². The van der Waals surface area contributed by atoms with Crippen molar-refractivity contribution >= 4 is 5.78 Å². The van der Waals surface area contributed by atoms with Gasteiger partial charge in [0.1, 0.15) is 11.5 Å². The second-order valence-electron chi connectivity index (χ2n) is 6.59. The van der Waals surface area contributed by atoms with E-state index in [1.165, 1.54) is 6.07 Å². The van der Waals surface area contributed by atoms with Gasteiger partial charge < -0.3 is 19.7 Å². The molecule has 5 heteroatoms. The number of phenols is 2. The molecule has 0 amide bonds. The van der Waals surface area contributed by atoms with Crippen LogP contribution in [0.4, 0.5) is 0 Å². The summed E-state index contributed by atoms with van der Waals surface area (Å²) in [7, 11) is 0. The second kappa shape index (κ2) is 6.59. The van der Waals surface area contributed by atoms with Gasteiger partial charge in [0.15, 0.2) is 12.1 Å². The third-order valence-electron chi connectivity index (χ3n) is 4.95. The van der Waals surface area contributed by atoms with E-state index in [4.69, 9.17) is 9.47 Å². The minimum absolute atomic E-state index is 0.0307. The van der Waals surface area contributed by atoms with Crippen molar-refractivity contribution in [2.45, 2.75) is 25.6 Å². The van der Waals surface area contributed by atoms with E-state index >= 15 is 0 Å². The molecule has 1 aliphatic heterocycles. The summed E-state index contributed by atoms with van der Waals surface area (Å²) in [5.41, 5.74) is 2.40. The maximum atomic E-state index is 13.2. The maximum Gasteiger partial charge on any atom is 0.197 e. The first kappa shape index (κ1) is 16.8. The molecule has 1 saturated heterocycles. The van der Waals surface area contributed by atoms with Gasteiger partial charge in [-0.25, -0.2) is 0 Å². The summed E-state index contributed by atoms with van der Waals surface area (Å²) in [5.74, 6) is -0.475. The van der Waals surface area contributed by atoms with Crippen molar-refractivity contribution in [2.24, 2.45) is 0 Å². The Balaban J connectivity index is 1.82. The summed E-state index contributed by atoms with van der Waals surface area (Å²) < 4.78 is 11.1. The summed E-state index contributed by atoms with van der Waals surface area (Å²) in [5, 5.41) is 21.2. The number of ketones is 1. The van der Waals surface area contributed by atoms with E-state index in [-0.39, 0.29) is 28.8 Å². The predicted octanol–water partition coefficient (Wildman–Crippen LogP) is 3.59. The summed E-state index contributed by atoms with van der Waals surface area (Å²) in [6, 6.07) is 8.39. The Morgan fingerprint density at radius 1 is 1.12 bits per heavy atom. The average molecular weight is 352 g/mol. The quantitative estimate of drug-likeness (QED) is 0.502. The van der Waals surface area contributed by atoms with Gasteiger partial charge in [0.2, 0.25) is 0 Å². The molecule has 4 rings (SSSR count). The molecule has 2 aromatic rings. The largest absolute Gasteiger partial charge is 0.508 e. The van der Waals surface area contributed by atoms with Crippen molar-refractivity contribution in [3.8, 4) is 11.5 Å². The monoisotopic (exact) mass is 352 g/mol. The molecule has 1 heterocycles. The number of aromatic hydroxyl groups is 2. The zero-order chi connectivity index (χ0) is 18.3. The van der Waals surface area contributed by atoms with E-state index in [0.717, 1.165) is 0 Å². The van der Waals surface area contributed by atoms with E-state index in [0.29, 0.717) is 41.9 Å². The fraction of sp³-hybridized carbons (Fsp3) is 0.286. The van der Waals surface area contributed by atoms with Crippen LogP contribution in [-0.4, -0.2) is 29.2 Å². The van der Waals surface area contributed by atoms with Crippen molar-refractivity contribution in [3.63, 3.8) is 0 Å². The number of ether oxygens (including phenoxy) is 2. The lowest BCUT2D eigenvalue weighted by Crippen LogP contribution is -2.12. The zero-order valence-electron chi connectivity index (χ0n) is 14.4. The van der Waals surface area contributed by atoms with Crippen LogP contribution in [0.15, 0.2) is 42.5 Å². The third kappa shape index (κ3) is 2.69. The Morgan fingerprint density at radius 3 is 2.62 bits per heavy atom. The number of hydrogen-bond acceptors (Lipinski definition) is 5. The van der Waals surface area contributed by atoms with Crippen molar-refractivity contribution < 1.29 is 24.5 Å². The summed E-state index contributed by atoms with van der Waals surface area (Å²) in [6.07, 6.45) is 3.86. The topological polar surface area (TPSA) is 76.0 Å². The third-order valence-corrected chi connectivity index (χ3v) is 4.95. The molecule has 0 spiro atoms. The number of rotatable bonds is 3. The lowest BCUT2D eigenvalue weighted by atomic mass is 9.84. The molecule has 2 aromatic carbocycles. The molecule has 26 heavy (non-hydrogen) atoms. The van der Waals surface area contributed by atoms with Crippen LogP contribution in [0.2, 0.25) is 0 Å². The minimum Gasteiger partial charge on any atom is -0.508 e. The Labute approximate surface area is 151 Å². The molecule has 2 N–H and O–H groups in total. The predicted molar refractivity (Wildman–Crippen MR) is 95.6 cm³/mol. The summed E-state index contributed by atoms with van der Waals surface area (Å²) in [4.78, 5) is 13.2. The van der Waals surface area contributed by atoms with Crippen molar-refractivity contribution in [1.82, 2.24) is 0 Å². The molecule has 0 bridgehead atoms. The molecular formula is C21H20O5. The smallest absolute Gasteiger partial charge is 0.197 e. The second-order valence-corrected chi connectivity index (χ2v) is 6.59. The standard InChI is InChI=1S/C21H20O5/c1-12-5-4-8-15-17(22)11-16(20(24)18(12)15)19(23)13-6-2-3-7-14(13)21-25-9-10-26-21/h2-7,11-12,21-22,24H,8-10H2,1H3. The van der Waals surface area contributed by atoms with Crippen LogP contribution >= 0.6 is 0 Å². The maximum absolute atomic E-state index is 13.2. The van der Waals surface area contributed by atoms with Gasteiger partial charge in [0.05, 0.1) is 18.8 Å². The number of benzene rings is 2. The molecule has 1 atom stereocenters. The van der Waals surface area contributed by atoms with Gasteiger partial charge in [-0.3, -0.25) is 4.79 Å². The SMILES string of the molecule is CC1C=CCc2c(O)cc(C(=O)c3ccccc3C3OCCO3)c(O)c21. The van der Waals surface area contributed by atoms with Gasteiger partial charge in [0.25, 0.3) is 0 Å². The van der Waals surface area contributed by atoms with E-state index in [1.54, 1.807) is 18.2 Å². The fourth-order valence-corrected chi connectivity index (χ4v) is 3.67. The van der Waals surface area contributed by atoms with Crippen molar-refractivity contribution in [2.75, 3.05) is 13.2 Å². The van der Waals surface area contributed by atoms with Crippen LogP contribution in [-0.2, 0) is 15.9 Å². The first-order chi connectivity index (χ1) is 12.6. The Kier molecular flexibility index (Phi) is 4.26. The Bertz CT molecular complexity index is 894. The fourth-order valence-electron chi connectivity index (χ4n) is 3.67. The highest BCUT2D eigenvalue weighted by Crippen LogP contribution is 2.42. The van der Waals surface area contributed by atoms with Crippen LogP contribution < -0.4 is 0 Å². The molecule has 1 aliphatic carbocycles. The first-order valence-electron chi connectivity index (χ1n) is 8.69. The number of allylic oxidation sites excluding steroid dienone is 2. The summed E-state index contributed by atoms with van der Waals surface area (Å²) >= 11 is 0. The zero-order valence-corrected chi connectivity index (χ0v) is 14.4. The van der Waals surface area contributed by atoms with Gasteiger partial charge in [0, 0.05) is 28.2 Å². The number of fused-ring (bicyclic) bond motifs is 1. The highest BCUT2D eigenvalue weighted by molar-refractivity contribution is 6.12. The van der Waals surface area contributed by atoms with Crippen LogP contribution in [0, 0.1) is 0 Å². The number of carbonyl (C=O) groups excluding carboxylic acids is 1. The van der Waals surface area contributed by atoms with Crippen LogP contribution in [0.1, 0.15) is 51.7 Å². The Morgan fingerprint density at radius 2 is 1.85 bits per heavy atom.